The summed E-state index contributed by atoms with van der Waals surface area (Å²) in [6.45, 7) is 11.9. The van der Waals surface area contributed by atoms with E-state index in [1.807, 2.05) is 0 Å². The molecule has 0 aliphatic rings. The lowest BCUT2D eigenvalue weighted by Gasteiger charge is -2.17. The van der Waals surface area contributed by atoms with Gasteiger partial charge in [-0.1, -0.05) is 26.0 Å². The van der Waals surface area contributed by atoms with Crippen molar-refractivity contribution in [1.29, 1.82) is 0 Å². The van der Waals surface area contributed by atoms with E-state index >= 15 is 0 Å². The highest BCUT2D eigenvalue weighted by atomic mass is 16.5. The third-order valence-electron chi connectivity index (χ3n) is 3.52. The first-order valence-electron chi connectivity index (χ1n) is 7.27. The largest absolute Gasteiger partial charge is 0.496 e. The van der Waals surface area contributed by atoms with E-state index in [9.17, 15) is 0 Å². The standard InChI is InChI=1S/C16H28N2O/c1-5-18(6-2)11-7-10-17-13-15-9-8-14(3)16(12-15)19-4/h8-9,12,17H,5-7,10-11,13H2,1-4H3. The average molecular weight is 264 g/mol. The molecule has 0 heterocycles. The normalized spacial score (nSPS) is 11.0. The molecule has 0 aliphatic carbocycles. The Morgan fingerprint density at radius 3 is 2.58 bits per heavy atom. The molecule has 3 nitrogen and oxygen atoms in total. The molecule has 0 aliphatic heterocycles. The molecule has 1 aromatic carbocycles. The zero-order chi connectivity index (χ0) is 14.1. The van der Waals surface area contributed by atoms with Gasteiger partial charge in [-0.15, -0.1) is 0 Å². The van der Waals surface area contributed by atoms with Gasteiger partial charge in [0.1, 0.15) is 5.75 Å². The molecule has 0 saturated heterocycles. The number of hydrogen-bond acceptors (Lipinski definition) is 3. The summed E-state index contributed by atoms with van der Waals surface area (Å²) in [6, 6.07) is 6.40. The molecule has 0 saturated carbocycles. The Bertz CT molecular complexity index is 362. The summed E-state index contributed by atoms with van der Waals surface area (Å²) in [5, 5.41) is 3.49. The molecule has 19 heavy (non-hydrogen) atoms. The lowest BCUT2D eigenvalue weighted by molar-refractivity contribution is 0.298. The van der Waals surface area contributed by atoms with E-state index in [0.717, 1.165) is 31.9 Å². The molecule has 0 spiro atoms. The third kappa shape index (κ3) is 5.62. The summed E-state index contributed by atoms with van der Waals surface area (Å²) in [4.78, 5) is 2.45. The van der Waals surface area contributed by atoms with E-state index in [0.29, 0.717) is 0 Å². The van der Waals surface area contributed by atoms with Crippen molar-refractivity contribution >= 4 is 0 Å². The smallest absolute Gasteiger partial charge is 0.122 e. The van der Waals surface area contributed by atoms with Crippen LogP contribution >= 0.6 is 0 Å². The SMILES string of the molecule is CCN(CC)CCCNCc1ccc(C)c(OC)c1. The van der Waals surface area contributed by atoms with Gasteiger partial charge in [0.15, 0.2) is 0 Å². The molecular weight excluding hydrogens is 236 g/mol. The van der Waals surface area contributed by atoms with Crippen LogP contribution in [-0.2, 0) is 6.54 Å². The van der Waals surface area contributed by atoms with Crippen molar-refractivity contribution in [3.8, 4) is 5.75 Å². The van der Waals surface area contributed by atoms with E-state index < -0.39 is 0 Å². The first-order chi connectivity index (χ1) is 9.21. The molecule has 1 N–H and O–H groups in total. The molecule has 1 rings (SSSR count). The second-order valence-electron chi connectivity index (χ2n) is 4.86. The monoisotopic (exact) mass is 264 g/mol. The van der Waals surface area contributed by atoms with Crippen molar-refractivity contribution in [2.45, 2.75) is 33.7 Å². The van der Waals surface area contributed by atoms with Crippen LogP contribution in [0.5, 0.6) is 5.75 Å². The second-order valence-corrected chi connectivity index (χ2v) is 4.86. The van der Waals surface area contributed by atoms with Crippen LogP contribution in [0.1, 0.15) is 31.4 Å². The maximum absolute atomic E-state index is 5.34. The number of hydrogen-bond donors (Lipinski definition) is 1. The van der Waals surface area contributed by atoms with Gasteiger partial charge in [0, 0.05) is 6.54 Å². The van der Waals surface area contributed by atoms with Gasteiger partial charge in [0.25, 0.3) is 0 Å². The highest BCUT2D eigenvalue weighted by Crippen LogP contribution is 2.18. The Labute approximate surface area is 118 Å². The summed E-state index contributed by atoms with van der Waals surface area (Å²) in [6.07, 6.45) is 1.20. The Hall–Kier alpha value is -1.06. The summed E-state index contributed by atoms with van der Waals surface area (Å²) in [5.41, 5.74) is 2.47. The van der Waals surface area contributed by atoms with Crippen LogP contribution < -0.4 is 10.1 Å². The van der Waals surface area contributed by atoms with Crippen molar-refractivity contribution in [1.82, 2.24) is 10.2 Å². The van der Waals surface area contributed by atoms with Crippen molar-refractivity contribution in [2.24, 2.45) is 0 Å². The van der Waals surface area contributed by atoms with Gasteiger partial charge in [0.2, 0.25) is 0 Å². The number of rotatable bonds is 9. The van der Waals surface area contributed by atoms with Gasteiger partial charge in [0.05, 0.1) is 7.11 Å². The van der Waals surface area contributed by atoms with Crippen LogP contribution in [0, 0.1) is 6.92 Å². The number of nitrogens with zero attached hydrogens (tertiary/aromatic N) is 1. The summed E-state index contributed by atoms with van der Waals surface area (Å²) in [7, 11) is 1.73. The zero-order valence-corrected chi connectivity index (χ0v) is 12.8. The van der Waals surface area contributed by atoms with Crippen LogP contribution in [-0.4, -0.2) is 38.2 Å². The predicted octanol–water partition coefficient (Wildman–Crippen LogP) is 2.83. The highest BCUT2D eigenvalue weighted by molar-refractivity contribution is 5.36. The van der Waals surface area contributed by atoms with Crippen LogP contribution in [0.4, 0.5) is 0 Å². The molecule has 0 unspecified atom stereocenters. The minimum atomic E-state index is 0.912. The Morgan fingerprint density at radius 1 is 1.21 bits per heavy atom. The maximum atomic E-state index is 5.34. The summed E-state index contributed by atoms with van der Waals surface area (Å²) < 4.78 is 5.34. The second kappa shape index (κ2) is 8.94. The van der Waals surface area contributed by atoms with Gasteiger partial charge in [-0.3, -0.25) is 0 Å². The van der Waals surface area contributed by atoms with Gasteiger partial charge in [-0.2, -0.15) is 0 Å². The quantitative estimate of drug-likeness (QED) is 0.694. The van der Waals surface area contributed by atoms with E-state index in [1.165, 1.54) is 24.1 Å². The summed E-state index contributed by atoms with van der Waals surface area (Å²) >= 11 is 0. The molecule has 0 aromatic heterocycles. The lowest BCUT2D eigenvalue weighted by atomic mass is 10.1. The van der Waals surface area contributed by atoms with Crippen LogP contribution in [0.2, 0.25) is 0 Å². The first kappa shape index (κ1) is 16.0. The van der Waals surface area contributed by atoms with Crippen molar-refractivity contribution in [2.75, 3.05) is 33.3 Å². The minimum Gasteiger partial charge on any atom is -0.496 e. The van der Waals surface area contributed by atoms with Gasteiger partial charge in [-0.05, 0) is 56.7 Å². The Kier molecular flexibility index (Phi) is 7.53. The molecule has 0 radical (unpaired) electrons. The van der Waals surface area contributed by atoms with Crippen LogP contribution in [0.3, 0.4) is 0 Å². The maximum Gasteiger partial charge on any atom is 0.122 e. The Morgan fingerprint density at radius 2 is 1.95 bits per heavy atom. The van der Waals surface area contributed by atoms with Crippen molar-refractivity contribution < 1.29 is 4.74 Å². The molecule has 3 heteroatoms. The number of nitrogens with one attached hydrogen (secondary N) is 1. The molecule has 1 aromatic rings. The van der Waals surface area contributed by atoms with Gasteiger partial charge < -0.3 is 15.0 Å². The van der Waals surface area contributed by atoms with E-state index in [-0.39, 0.29) is 0 Å². The molecule has 0 amide bonds. The van der Waals surface area contributed by atoms with Gasteiger partial charge >= 0.3 is 0 Å². The number of benzene rings is 1. The van der Waals surface area contributed by atoms with Crippen molar-refractivity contribution in [3.63, 3.8) is 0 Å². The molecule has 0 atom stereocenters. The fraction of sp³-hybridized carbons (Fsp3) is 0.625. The molecular formula is C16H28N2O. The van der Waals surface area contributed by atoms with E-state index in [2.05, 4.69) is 49.2 Å². The number of aryl methyl sites for hydroxylation is 1. The fourth-order valence-electron chi connectivity index (χ4n) is 2.17. The van der Waals surface area contributed by atoms with Crippen LogP contribution in [0.25, 0.3) is 0 Å². The molecule has 0 bridgehead atoms. The number of methoxy groups -OCH3 is 1. The van der Waals surface area contributed by atoms with E-state index in [1.54, 1.807) is 7.11 Å². The lowest BCUT2D eigenvalue weighted by Crippen LogP contribution is -2.27. The Balaban J connectivity index is 2.26. The topological polar surface area (TPSA) is 24.5 Å². The highest BCUT2D eigenvalue weighted by Gasteiger charge is 2.01. The minimum absolute atomic E-state index is 0.912. The van der Waals surface area contributed by atoms with Crippen molar-refractivity contribution in [3.05, 3.63) is 29.3 Å². The third-order valence-corrected chi connectivity index (χ3v) is 3.52. The predicted molar refractivity (Wildman–Crippen MR) is 81.8 cm³/mol. The van der Waals surface area contributed by atoms with E-state index in [4.69, 9.17) is 4.74 Å². The van der Waals surface area contributed by atoms with Gasteiger partial charge in [-0.25, -0.2) is 0 Å². The zero-order valence-electron chi connectivity index (χ0n) is 12.8. The molecule has 108 valence electrons. The fourth-order valence-corrected chi connectivity index (χ4v) is 2.17. The summed E-state index contributed by atoms with van der Waals surface area (Å²) in [5.74, 6) is 0.974. The van der Waals surface area contributed by atoms with Crippen LogP contribution in [0.15, 0.2) is 18.2 Å². The number of ether oxygens (including phenoxy) is 1. The first-order valence-corrected chi connectivity index (χ1v) is 7.27. The molecule has 0 fully saturated rings. The average Bonchev–Trinajstić information content (AvgIpc) is 2.44.